The van der Waals surface area contributed by atoms with Crippen LogP contribution in [-0.2, 0) is 16.0 Å². The lowest BCUT2D eigenvalue weighted by atomic mass is 10.2. The molecule has 0 radical (unpaired) electrons. The summed E-state index contributed by atoms with van der Waals surface area (Å²) in [6, 6.07) is 4.13. The third-order valence-electron chi connectivity index (χ3n) is 2.43. The van der Waals surface area contributed by atoms with Crippen molar-refractivity contribution in [1.29, 1.82) is 0 Å². The highest BCUT2D eigenvalue weighted by molar-refractivity contribution is 5.36. The van der Waals surface area contributed by atoms with Gasteiger partial charge in [0.25, 0.3) is 0 Å². The molecule has 0 aliphatic carbocycles. The first kappa shape index (κ1) is 15.5. The first-order valence-corrected chi connectivity index (χ1v) is 5.86. The molecule has 0 unspecified atom stereocenters. The first-order valence-electron chi connectivity index (χ1n) is 5.86. The van der Waals surface area contributed by atoms with Crippen LogP contribution in [0.5, 0.6) is 0 Å². The van der Waals surface area contributed by atoms with Gasteiger partial charge >= 0.3 is 5.69 Å². The molecule has 0 heterocycles. The molecule has 19 heavy (non-hydrogen) atoms. The van der Waals surface area contributed by atoms with E-state index in [-0.39, 0.29) is 12.1 Å². The Morgan fingerprint density at radius 2 is 2.16 bits per heavy atom. The van der Waals surface area contributed by atoms with Crippen molar-refractivity contribution < 1.29 is 18.8 Å². The van der Waals surface area contributed by atoms with E-state index in [2.05, 4.69) is 5.32 Å². The molecule has 1 rings (SSSR count). The van der Waals surface area contributed by atoms with Crippen molar-refractivity contribution in [3.05, 3.63) is 39.7 Å². The summed E-state index contributed by atoms with van der Waals surface area (Å²) >= 11 is 0. The molecule has 6 nitrogen and oxygen atoms in total. The first-order chi connectivity index (χ1) is 9.16. The highest BCUT2D eigenvalue weighted by atomic mass is 19.1. The number of rotatable bonds is 9. The fourth-order valence-electron chi connectivity index (χ4n) is 1.46. The molecular weight excluding hydrogens is 255 g/mol. The van der Waals surface area contributed by atoms with Crippen LogP contribution in [0, 0.1) is 15.9 Å². The maximum atomic E-state index is 13.7. The van der Waals surface area contributed by atoms with Crippen molar-refractivity contribution in [2.45, 2.75) is 6.54 Å². The molecule has 0 saturated carbocycles. The van der Waals surface area contributed by atoms with Crippen molar-refractivity contribution in [2.75, 3.05) is 33.5 Å². The number of nitro groups is 1. The van der Waals surface area contributed by atoms with E-state index in [1.54, 1.807) is 7.11 Å². The van der Waals surface area contributed by atoms with Gasteiger partial charge in [-0.3, -0.25) is 10.1 Å². The molecule has 0 fully saturated rings. The fourth-order valence-corrected chi connectivity index (χ4v) is 1.46. The van der Waals surface area contributed by atoms with E-state index in [0.29, 0.717) is 26.4 Å². The molecule has 7 heteroatoms. The van der Waals surface area contributed by atoms with Crippen molar-refractivity contribution >= 4 is 5.69 Å². The van der Waals surface area contributed by atoms with Crippen molar-refractivity contribution in [3.63, 3.8) is 0 Å². The minimum absolute atomic E-state index is 0.223. The van der Waals surface area contributed by atoms with Crippen molar-refractivity contribution in [1.82, 2.24) is 5.32 Å². The van der Waals surface area contributed by atoms with Gasteiger partial charge in [-0.05, 0) is 0 Å². The van der Waals surface area contributed by atoms with Gasteiger partial charge in [0.2, 0.25) is 5.82 Å². The Kier molecular flexibility index (Phi) is 6.94. The molecule has 1 N–H and O–H groups in total. The summed E-state index contributed by atoms with van der Waals surface area (Å²) in [5.74, 6) is -0.791. The van der Waals surface area contributed by atoms with Gasteiger partial charge in [0.1, 0.15) is 0 Å². The molecule has 0 bridgehead atoms. The molecule has 0 spiro atoms. The molecule has 0 saturated heterocycles. The van der Waals surface area contributed by atoms with Crippen LogP contribution in [0.15, 0.2) is 18.2 Å². The summed E-state index contributed by atoms with van der Waals surface area (Å²) in [4.78, 5) is 9.83. The summed E-state index contributed by atoms with van der Waals surface area (Å²) < 4.78 is 23.7. The number of hydrogen-bond acceptors (Lipinski definition) is 5. The minimum atomic E-state index is -0.791. The average Bonchev–Trinajstić information content (AvgIpc) is 2.39. The fraction of sp³-hybridized carbons (Fsp3) is 0.500. The molecule has 0 aliphatic heterocycles. The number of halogens is 1. The lowest BCUT2D eigenvalue weighted by molar-refractivity contribution is -0.387. The van der Waals surface area contributed by atoms with Gasteiger partial charge in [-0.1, -0.05) is 12.1 Å². The van der Waals surface area contributed by atoms with E-state index in [1.165, 1.54) is 12.1 Å². The van der Waals surface area contributed by atoms with E-state index >= 15 is 0 Å². The average molecular weight is 272 g/mol. The summed E-state index contributed by atoms with van der Waals surface area (Å²) in [5.41, 5.74) is -0.235. The van der Waals surface area contributed by atoms with Crippen LogP contribution in [0.3, 0.4) is 0 Å². The second-order valence-corrected chi connectivity index (χ2v) is 3.79. The van der Waals surface area contributed by atoms with E-state index < -0.39 is 16.4 Å². The zero-order valence-electron chi connectivity index (χ0n) is 10.7. The van der Waals surface area contributed by atoms with Gasteiger partial charge < -0.3 is 14.8 Å². The van der Waals surface area contributed by atoms with Gasteiger partial charge in [-0.25, -0.2) is 0 Å². The number of benzene rings is 1. The normalized spacial score (nSPS) is 10.6. The van der Waals surface area contributed by atoms with Crippen LogP contribution >= 0.6 is 0 Å². The topological polar surface area (TPSA) is 73.6 Å². The number of nitrogens with zero attached hydrogens (tertiary/aromatic N) is 1. The molecule has 0 atom stereocenters. The summed E-state index contributed by atoms with van der Waals surface area (Å²) in [6.07, 6.45) is 0. The lowest BCUT2D eigenvalue weighted by Crippen LogP contribution is -2.20. The Hall–Kier alpha value is -1.57. The van der Waals surface area contributed by atoms with Crippen LogP contribution in [0.4, 0.5) is 10.1 Å². The standard InChI is InChI=1S/C12H17FN2O4/c1-18-7-8-19-6-5-14-9-10-3-2-4-11(12(10)13)15(16)17/h2-4,14H,5-9H2,1H3. The number of ether oxygens (including phenoxy) is 2. The Bertz CT molecular complexity index is 415. The molecule has 0 aromatic heterocycles. The van der Waals surface area contributed by atoms with Crippen molar-refractivity contribution in [2.24, 2.45) is 0 Å². The van der Waals surface area contributed by atoms with Crippen LogP contribution in [0.25, 0.3) is 0 Å². The number of hydrogen-bond donors (Lipinski definition) is 1. The van der Waals surface area contributed by atoms with Crippen molar-refractivity contribution in [3.8, 4) is 0 Å². The van der Waals surface area contributed by atoms with E-state index in [1.807, 2.05) is 0 Å². The molecule has 1 aromatic carbocycles. The minimum Gasteiger partial charge on any atom is -0.382 e. The Labute approximate surface area is 110 Å². The molecule has 106 valence electrons. The van der Waals surface area contributed by atoms with E-state index in [0.717, 1.165) is 6.07 Å². The zero-order valence-corrected chi connectivity index (χ0v) is 10.7. The van der Waals surface area contributed by atoms with Gasteiger partial charge in [-0.15, -0.1) is 0 Å². The summed E-state index contributed by atoms with van der Waals surface area (Å²) in [5, 5.41) is 13.5. The monoisotopic (exact) mass is 272 g/mol. The highest BCUT2D eigenvalue weighted by Gasteiger charge is 2.16. The Morgan fingerprint density at radius 3 is 2.84 bits per heavy atom. The smallest absolute Gasteiger partial charge is 0.305 e. The third kappa shape index (κ3) is 5.29. The van der Waals surface area contributed by atoms with Crippen LogP contribution in [0.1, 0.15) is 5.56 Å². The largest absolute Gasteiger partial charge is 0.382 e. The second kappa shape index (κ2) is 8.52. The van der Waals surface area contributed by atoms with E-state index in [9.17, 15) is 14.5 Å². The maximum Gasteiger partial charge on any atom is 0.305 e. The predicted octanol–water partition coefficient (Wildman–Crippen LogP) is 1.49. The molecular formula is C12H17FN2O4. The van der Waals surface area contributed by atoms with Gasteiger partial charge in [0, 0.05) is 31.8 Å². The van der Waals surface area contributed by atoms with Crippen LogP contribution in [0.2, 0.25) is 0 Å². The second-order valence-electron chi connectivity index (χ2n) is 3.79. The maximum absolute atomic E-state index is 13.7. The SMILES string of the molecule is COCCOCCNCc1cccc([N+](=O)[O-])c1F. The zero-order chi connectivity index (χ0) is 14.1. The van der Waals surface area contributed by atoms with E-state index in [4.69, 9.17) is 9.47 Å². The lowest BCUT2D eigenvalue weighted by Gasteiger charge is -2.07. The Morgan fingerprint density at radius 1 is 1.37 bits per heavy atom. The van der Waals surface area contributed by atoms with Gasteiger partial charge in [-0.2, -0.15) is 4.39 Å². The third-order valence-corrected chi connectivity index (χ3v) is 2.43. The van der Waals surface area contributed by atoms with Gasteiger partial charge in [0.15, 0.2) is 0 Å². The molecule has 0 amide bonds. The van der Waals surface area contributed by atoms with Crippen LogP contribution in [-0.4, -0.2) is 38.4 Å². The molecule has 1 aromatic rings. The summed E-state index contributed by atoms with van der Waals surface area (Å²) in [7, 11) is 1.59. The number of nitro benzene ring substituents is 1. The highest BCUT2D eigenvalue weighted by Crippen LogP contribution is 2.19. The predicted molar refractivity (Wildman–Crippen MR) is 67.5 cm³/mol. The summed E-state index contributed by atoms with van der Waals surface area (Å²) in [6.45, 7) is 2.26. The Balaban J connectivity index is 2.33. The number of nitrogens with one attached hydrogen (secondary N) is 1. The molecule has 0 aliphatic rings. The quantitative estimate of drug-likeness (QED) is 0.419. The number of methoxy groups -OCH3 is 1. The van der Waals surface area contributed by atoms with Crippen LogP contribution < -0.4 is 5.32 Å². The van der Waals surface area contributed by atoms with Gasteiger partial charge in [0.05, 0.1) is 24.7 Å².